The second-order valence-corrected chi connectivity index (χ2v) is 4.57. The van der Waals surface area contributed by atoms with Crippen molar-refractivity contribution in [2.24, 2.45) is 0 Å². The molecule has 0 saturated carbocycles. The molecule has 1 spiro atoms. The summed E-state index contributed by atoms with van der Waals surface area (Å²) in [5.41, 5.74) is 3.75. The van der Waals surface area contributed by atoms with E-state index in [9.17, 15) is 4.79 Å². The minimum absolute atomic E-state index is 0.204. The summed E-state index contributed by atoms with van der Waals surface area (Å²) in [4.78, 5) is 12.2. The van der Waals surface area contributed by atoms with Crippen molar-refractivity contribution < 1.29 is 14.3 Å². The van der Waals surface area contributed by atoms with Crippen LogP contribution in [0, 0.1) is 13.8 Å². The quantitative estimate of drug-likeness (QED) is 0.743. The Balaban J connectivity index is 2.21. The van der Waals surface area contributed by atoms with Gasteiger partial charge in [-0.25, -0.2) is 0 Å². The molecule has 17 heavy (non-hydrogen) atoms. The maximum atomic E-state index is 12.2. The van der Waals surface area contributed by atoms with Crippen LogP contribution >= 0.6 is 0 Å². The Morgan fingerprint density at radius 1 is 1.18 bits per heavy atom. The summed E-state index contributed by atoms with van der Waals surface area (Å²) in [6.07, 6.45) is 0.829. The standard InChI is InChI=1S/C13H15NO3/c1-8-4-5-9(2)11-10(8)13(12(15)14-11)16-6-3-7-17-13/h4-5H,3,6-7H2,1-2H3,(H,14,15). The van der Waals surface area contributed by atoms with Crippen molar-refractivity contribution in [3.8, 4) is 0 Å². The van der Waals surface area contributed by atoms with Gasteiger partial charge in [-0.15, -0.1) is 0 Å². The van der Waals surface area contributed by atoms with Crippen LogP contribution in [0.2, 0.25) is 0 Å². The molecule has 3 rings (SSSR count). The molecule has 1 amide bonds. The highest BCUT2D eigenvalue weighted by Gasteiger charge is 2.52. The van der Waals surface area contributed by atoms with E-state index in [1.165, 1.54) is 0 Å². The normalized spacial score (nSPS) is 21.4. The third-order valence-corrected chi connectivity index (χ3v) is 3.39. The molecule has 0 radical (unpaired) electrons. The SMILES string of the molecule is Cc1ccc(C)c2c1NC(=O)C21OCCCO1. The second kappa shape index (κ2) is 3.55. The van der Waals surface area contributed by atoms with E-state index >= 15 is 0 Å². The minimum Gasteiger partial charge on any atom is -0.338 e. The molecule has 0 aromatic heterocycles. The molecule has 4 heteroatoms. The Labute approximate surface area is 99.9 Å². The first-order valence-electron chi connectivity index (χ1n) is 5.85. The van der Waals surface area contributed by atoms with E-state index in [1.807, 2.05) is 26.0 Å². The van der Waals surface area contributed by atoms with E-state index in [0.29, 0.717) is 13.2 Å². The summed E-state index contributed by atoms with van der Waals surface area (Å²) in [5.74, 6) is -1.41. The van der Waals surface area contributed by atoms with Crippen molar-refractivity contribution >= 4 is 11.6 Å². The van der Waals surface area contributed by atoms with E-state index in [1.54, 1.807) is 0 Å². The van der Waals surface area contributed by atoms with Gasteiger partial charge in [-0.05, 0) is 31.4 Å². The molecule has 0 unspecified atom stereocenters. The number of ether oxygens (including phenoxy) is 2. The van der Waals surface area contributed by atoms with Gasteiger partial charge in [0.25, 0.3) is 11.7 Å². The van der Waals surface area contributed by atoms with Crippen LogP contribution in [0.3, 0.4) is 0 Å². The number of rotatable bonds is 0. The van der Waals surface area contributed by atoms with Gasteiger partial charge in [-0.3, -0.25) is 4.79 Å². The molecule has 1 fully saturated rings. The molecule has 2 aliphatic heterocycles. The number of benzene rings is 1. The highest BCUT2D eigenvalue weighted by Crippen LogP contribution is 2.44. The van der Waals surface area contributed by atoms with Gasteiger partial charge in [0.1, 0.15) is 0 Å². The summed E-state index contributed by atoms with van der Waals surface area (Å²) in [6, 6.07) is 3.99. The lowest BCUT2D eigenvalue weighted by molar-refractivity contribution is -0.255. The number of amides is 1. The van der Waals surface area contributed by atoms with Crippen molar-refractivity contribution in [1.82, 2.24) is 0 Å². The van der Waals surface area contributed by atoms with Crippen LogP contribution in [0.5, 0.6) is 0 Å². The predicted molar refractivity (Wildman–Crippen MR) is 62.7 cm³/mol. The van der Waals surface area contributed by atoms with Crippen molar-refractivity contribution in [2.75, 3.05) is 18.5 Å². The Bertz CT molecular complexity index is 490. The molecule has 1 aromatic carbocycles. The molecule has 2 aliphatic rings. The highest BCUT2D eigenvalue weighted by molar-refractivity contribution is 6.05. The fourth-order valence-electron chi connectivity index (χ4n) is 2.51. The van der Waals surface area contributed by atoms with E-state index < -0.39 is 5.79 Å². The van der Waals surface area contributed by atoms with Crippen LogP contribution in [0.25, 0.3) is 0 Å². The van der Waals surface area contributed by atoms with Crippen LogP contribution in [-0.2, 0) is 20.1 Å². The minimum atomic E-state index is -1.20. The van der Waals surface area contributed by atoms with Gasteiger partial charge < -0.3 is 14.8 Å². The average molecular weight is 233 g/mol. The van der Waals surface area contributed by atoms with E-state index in [2.05, 4.69) is 5.32 Å². The average Bonchev–Trinajstić information content (AvgIpc) is 2.61. The summed E-state index contributed by atoms with van der Waals surface area (Å²) >= 11 is 0. The van der Waals surface area contributed by atoms with Crippen LogP contribution in [0.1, 0.15) is 23.1 Å². The number of hydrogen-bond acceptors (Lipinski definition) is 3. The molecule has 0 atom stereocenters. The first kappa shape index (κ1) is 10.7. The van der Waals surface area contributed by atoms with Gasteiger partial charge in [-0.1, -0.05) is 12.1 Å². The number of carbonyl (C=O) groups is 1. The van der Waals surface area contributed by atoms with Gasteiger partial charge in [-0.2, -0.15) is 0 Å². The van der Waals surface area contributed by atoms with Crippen LogP contribution in [-0.4, -0.2) is 19.1 Å². The van der Waals surface area contributed by atoms with Crippen LogP contribution in [0.4, 0.5) is 5.69 Å². The Morgan fingerprint density at radius 3 is 2.53 bits per heavy atom. The molecule has 1 saturated heterocycles. The van der Waals surface area contributed by atoms with Crippen molar-refractivity contribution in [1.29, 1.82) is 0 Å². The number of nitrogens with one attached hydrogen (secondary N) is 1. The maximum absolute atomic E-state index is 12.2. The third-order valence-electron chi connectivity index (χ3n) is 3.39. The molecule has 1 aromatic rings. The molecule has 1 N–H and O–H groups in total. The molecule has 0 bridgehead atoms. The van der Waals surface area contributed by atoms with Crippen molar-refractivity contribution in [3.63, 3.8) is 0 Å². The fraction of sp³-hybridized carbons (Fsp3) is 0.462. The zero-order chi connectivity index (χ0) is 12.0. The van der Waals surface area contributed by atoms with Gasteiger partial charge in [0, 0.05) is 5.56 Å². The lowest BCUT2D eigenvalue weighted by Crippen LogP contribution is -2.44. The molecular formula is C13H15NO3. The number of anilines is 1. The second-order valence-electron chi connectivity index (χ2n) is 4.57. The first-order valence-corrected chi connectivity index (χ1v) is 5.85. The Morgan fingerprint density at radius 2 is 1.82 bits per heavy atom. The van der Waals surface area contributed by atoms with E-state index in [0.717, 1.165) is 28.8 Å². The predicted octanol–water partition coefficient (Wildman–Crippen LogP) is 1.85. The fourth-order valence-corrected chi connectivity index (χ4v) is 2.51. The topological polar surface area (TPSA) is 47.6 Å². The number of aryl methyl sites for hydroxylation is 2. The van der Waals surface area contributed by atoms with Crippen LogP contribution in [0.15, 0.2) is 12.1 Å². The van der Waals surface area contributed by atoms with Gasteiger partial charge in [0.15, 0.2) is 0 Å². The highest BCUT2D eigenvalue weighted by atomic mass is 16.7. The Kier molecular flexibility index (Phi) is 2.24. The van der Waals surface area contributed by atoms with Gasteiger partial charge in [0.05, 0.1) is 18.9 Å². The van der Waals surface area contributed by atoms with Crippen molar-refractivity contribution in [3.05, 3.63) is 28.8 Å². The van der Waals surface area contributed by atoms with Crippen LogP contribution < -0.4 is 5.32 Å². The molecule has 90 valence electrons. The Hall–Kier alpha value is -1.39. The van der Waals surface area contributed by atoms with Gasteiger partial charge in [0.2, 0.25) is 0 Å². The summed E-state index contributed by atoms with van der Waals surface area (Å²) in [6.45, 7) is 5.06. The lowest BCUT2D eigenvalue weighted by atomic mass is 9.98. The molecule has 0 aliphatic carbocycles. The third kappa shape index (κ3) is 1.34. The zero-order valence-corrected chi connectivity index (χ0v) is 10.0. The summed E-state index contributed by atoms with van der Waals surface area (Å²) in [7, 11) is 0. The maximum Gasteiger partial charge on any atom is 0.289 e. The van der Waals surface area contributed by atoms with E-state index in [-0.39, 0.29) is 5.91 Å². The summed E-state index contributed by atoms with van der Waals surface area (Å²) in [5, 5.41) is 2.88. The smallest absolute Gasteiger partial charge is 0.289 e. The largest absolute Gasteiger partial charge is 0.338 e. The first-order chi connectivity index (χ1) is 8.15. The van der Waals surface area contributed by atoms with E-state index in [4.69, 9.17) is 9.47 Å². The molecule has 2 heterocycles. The monoisotopic (exact) mass is 233 g/mol. The zero-order valence-electron chi connectivity index (χ0n) is 10.0. The summed E-state index contributed by atoms with van der Waals surface area (Å²) < 4.78 is 11.3. The lowest BCUT2D eigenvalue weighted by Gasteiger charge is -2.32. The van der Waals surface area contributed by atoms with Gasteiger partial charge >= 0.3 is 0 Å². The van der Waals surface area contributed by atoms with Crippen molar-refractivity contribution in [2.45, 2.75) is 26.1 Å². The molecular weight excluding hydrogens is 218 g/mol. The number of carbonyl (C=O) groups excluding carboxylic acids is 1. The number of hydrogen-bond donors (Lipinski definition) is 1. The number of fused-ring (bicyclic) bond motifs is 2. The molecule has 4 nitrogen and oxygen atoms in total.